The van der Waals surface area contributed by atoms with Gasteiger partial charge in [-0.05, 0) is 18.2 Å². The van der Waals surface area contributed by atoms with Crippen molar-refractivity contribution in [3.8, 4) is 11.5 Å². The van der Waals surface area contributed by atoms with Crippen molar-refractivity contribution in [2.45, 2.75) is 12.7 Å². The van der Waals surface area contributed by atoms with Crippen molar-refractivity contribution in [2.75, 3.05) is 6.79 Å². The van der Waals surface area contributed by atoms with E-state index in [4.69, 9.17) is 9.47 Å². The monoisotopic (exact) mass is 424 g/mol. The maximum atomic E-state index is 12.9. The van der Waals surface area contributed by atoms with Gasteiger partial charge in [-0.1, -0.05) is 17.4 Å². The average molecular weight is 424 g/mol. The molecule has 3 aromatic rings. The number of carbonyl (C=O) groups excluding carboxylic acids is 1. The molecule has 0 saturated carbocycles. The first kappa shape index (κ1) is 19.0. The number of hydrogen-bond acceptors (Lipinski definition) is 5. The summed E-state index contributed by atoms with van der Waals surface area (Å²) in [5.74, 6) is -1.20. The highest BCUT2D eigenvalue weighted by Crippen LogP contribution is 2.37. The quantitative estimate of drug-likeness (QED) is 0.697. The molecule has 29 heavy (non-hydrogen) atoms. The molecule has 0 saturated heterocycles. The molecular formula is C18H11F3N2O5S. The van der Waals surface area contributed by atoms with E-state index in [2.05, 4.69) is 4.99 Å². The van der Waals surface area contributed by atoms with Gasteiger partial charge >= 0.3 is 12.1 Å². The molecule has 1 aromatic heterocycles. The third kappa shape index (κ3) is 3.68. The zero-order valence-corrected chi connectivity index (χ0v) is 15.2. The number of fused-ring (bicyclic) bond motifs is 2. The van der Waals surface area contributed by atoms with Gasteiger partial charge in [-0.2, -0.15) is 18.2 Å². The Morgan fingerprint density at radius 3 is 2.59 bits per heavy atom. The molecule has 1 amide bonds. The molecule has 1 N–H and O–H groups in total. The van der Waals surface area contributed by atoms with Gasteiger partial charge in [0, 0.05) is 17.7 Å². The molecule has 2 heterocycles. The fraction of sp³-hybridized carbons (Fsp3) is 0.167. The fourth-order valence-corrected chi connectivity index (χ4v) is 3.85. The maximum absolute atomic E-state index is 12.9. The molecule has 0 atom stereocenters. The molecule has 0 radical (unpaired) electrons. The summed E-state index contributed by atoms with van der Waals surface area (Å²) in [7, 11) is 0. The standard InChI is InChI=1S/C18H11F3N2O5S/c19-18(20,21)10-3-1-2-9(4-10)16(26)22-17-23(7-15(24)25)11-5-12-13(28-8-27-12)6-14(11)29-17/h1-6H,7-8H2,(H,24,25)/b22-17-. The highest BCUT2D eigenvalue weighted by molar-refractivity contribution is 7.16. The molecule has 0 aliphatic carbocycles. The van der Waals surface area contributed by atoms with Crippen LogP contribution < -0.4 is 14.3 Å². The number of aromatic nitrogens is 1. The summed E-state index contributed by atoms with van der Waals surface area (Å²) >= 11 is 1.02. The molecule has 2 aromatic carbocycles. The van der Waals surface area contributed by atoms with Crippen molar-refractivity contribution >= 4 is 33.4 Å². The lowest BCUT2D eigenvalue weighted by Crippen LogP contribution is -2.21. The molecule has 0 fully saturated rings. The third-order valence-corrected chi connectivity index (χ3v) is 5.15. The Hall–Kier alpha value is -3.34. The van der Waals surface area contributed by atoms with Crippen molar-refractivity contribution < 1.29 is 37.3 Å². The number of carboxylic acids is 1. The summed E-state index contributed by atoms with van der Waals surface area (Å²) in [6.45, 7) is -0.453. The molecule has 11 heteroatoms. The predicted octanol–water partition coefficient (Wildman–Crippen LogP) is 3.28. The van der Waals surface area contributed by atoms with Crippen molar-refractivity contribution in [1.82, 2.24) is 4.57 Å². The van der Waals surface area contributed by atoms with E-state index in [9.17, 15) is 27.9 Å². The second-order valence-electron chi connectivity index (χ2n) is 6.03. The van der Waals surface area contributed by atoms with Gasteiger partial charge in [0.1, 0.15) is 6.54 Å². The first-order chi connectivity index (χ1) is 13.7. The van der Waals surface area contributed by atoms with Crippen LogP contribution in [0.15, 0.2) is 41.4 Å². The molecule has 0 bridgehead atoms. The topological polar surface area (TPSA) is 90.1 Å². The van der Waals surface area contributed by atoms with Gasteiger partial charge in [0.2, 0.25) is 6.79 Å². The van der Waals surface area contributed by atoms with Gasteiger partial charge < -0.3 is 19.1 Å². The zero-order chi connectivity index (χ0) is 20.8. The van der Waals surface area contributed by atoms with Gasteiger partial charge in [0.05, 0.1) is 15.8 Å². The molecule has 0 unspecified atom stereocenters. The van der Waals surface area contributed by atoms with E-state index in [1.165, 1.54) is 10.6 Å². The lowest BCUT2D eigenvalue weighted by molar-refractivity contribution is -0.138. The fourth-order valence-electron chi connectivity index (χ4n) is 2.81. The van der Waals surface area contributed by atoms with Crippen LogP contribution in [0.3, 0.4) is 0 Å². The SMILES string of the molecule is O=C(O)Cn1/c(=N/C(=O)c2cccc(C(F)(F)F)c2)sc2cc3c(cc21)OCO3. The molecule has 150 valence electrons. The van der Waals surface area contributed by atoms with Gasteiger partial charge in [0.25, 0.3) is 5.91 Å². The van der Waals surface area contributed by atoms with Gasteiger partial charge in [0.15, 0.2) is 16.3 Å². The number of hydrogen-bond donors (Lipinski definition) is 1. The van der Waals surface area contributed by atoms with Crippen LogP contribution in [0, 0.1) is 0 Å². The van der Waals surface area contributed by atoms with E-state index in [1.807, 2.05) is 0 Å². The summed E-state index contributed by atoms with van der Waals surface area (Å²) in [4.78, 5) is 27.7. The number of rotatable bonds is 3. The molecule has 1 aliphatic rings. The van der Waals surface area contributed by atoms with Crippen molar-refractivity contribution in [2.24, 2.45) is 4.99 Å². The Kier molecular flexibility index (Phi) is 4.53. The molecule has 4 rings (SSSR count). The number of benzene rings is 2. The van der Waals surface area contributed by atoms with Crippen LogP contribution in [0.1, 0.15) is 15.9 Å². The van der Waals surface area contributed by atoms with Crippen molar-refractivity contribution in [1.29, 1.82) is 0 Å². The van der Waals surface area contributed by atoms with Crippen LogP contribution in [-0.2, 0) is 17.5 Å². The summed E-state index contributed by atoms with van der Waals surface area (Å²) in [6, 6.07) is 7.09. The van der Waals surface area contributed by atoms with E-state index in [0.29, 0.717) is 27.8 Å². The van der Waals surface area contributed by atoms with Crippen molar-refractivity contribution in [3.63, 3.8) is 0 Å². The normalized spacial score (nSPS) is 13.8. The van der Waals surface area contributed by atoms with E-state index in [1.54, 1.807) is 12.1 Å². The second kappa shape index (κ2) is 6.92. The number of thiazole rings is 1. The molecular weight excluding hydrogens is 413 g/mol. The summed E-state index contributed by atoms with van der Waals surface area (Å²) in [5.41, 5.74) is -0.774. The van der Waals surface area contributed by atoms with E-state index < -0.39 is 30.2 Å². The Morgan fingerprint density at radius 1 is 1.17 bits per heavy atom. The van der Waals surface area contributed by atoms with Crippen molar-refractivity contribution in [3.05, 3.63) is 52.3 Å². The Bertz CT molecular complexity index is 1210. The highest BCUT2D eigenvalue weighted by atomic mass is 32.1. The Labute approximate surface area is 164 Å². The number of ether oxygens (including phenoxy) is 2. The summed E-state index contributed by atoms with van der Waals surface area (Å²) in [6.07, 6.45) is -4.60. The van der Waals surface area contributed by atoms with Crippen LogP contribution in [0.2, 0.25) is 0 Å². The minimum Gasteiger partial charge on any atom is -0.480 e. The number of carbonyl (C=O) groups is 2. The highest BCUT2D eigenvalue weighted by Gasteiger charge is 2.31. The lowest BCUT2D eigenvalue weighted by Gasteiger charge is -2.06. The van der Waals surface area contributed by atoms with Crippen LogP contribution >= 0.6 is 11.3 Å². The van der Waals surface area contributed by atoms with Gasteiger partial charge in [-0.3, -0.25) is 9.59 Å². The Morgan fingerprint density at radius 2 is 1.90 bits per heavy atom. The van der Waals surface area contributed by atoms with Crippen LogP contribution in [0.5, 0.6) is 11.5 Å². The molecule has 1 aliphatic heterocycles. The maximum Gasteiger partial charge on any atom is 0.416 e. The lowest BCUT2D eigenvalue weighted by atomic mass is 10.1. The summed E-state index contributed by atoms with van der Waals surface area (Å²) < 4.78 is 51.1. The van der Waals surface area contributed by atoms with E-state index in [0.717, 1.165) is 23.5 Å². The second-order valence-corrected chi connectivity index (χ2v) is 7.04. The largest absolute Gasteiger partial charge is 0.480 e. The number of nitrogens with zero attached hydrogens (tertiary/aromatic N) is 2. The minimum absolute atomic E-state index is 0.0356. The number of carboxylic acid groups (broad SMARTS) is 1. The minimum atomic E-state index is -4.60. The average Bonchev–Trinajstić information content (AvgIpc) is 3.23. The molecule has 7 nitrogen and oxygen atoms in total. The van der Waals surface area contributed by atoms with E-state index in [-0.39, 0.29) is 17.2 Å². The number of halogens is 3. The zero-order valence-electron chi connectivity index (χ0n) is 14.4. The summed E-state index contributed by atoms with van der Waals surface area (Å²) in [5, 5.41) is 9.22. The number of amides is 1. The molecule has 0 spiro atoms. The van der Waals surface area contributed by atoms with Crippen LogP contribution in [0.25, 0.3) is 10.2 Å². The first-order valence-electron chi connectivity index (χ1n) is 8.13. The smallest absolute Gasteiger partial charge is 0.416 e. The van der Waals surface area contributed by atoms with Gasteiger partial charge in [-0.25, -0.2) is 0 Å². The van der Waals surface area contributed by atoms with E-state index >= 15 is 0 Å². The van der Waals surface area contributed by atoms with Crippen LogP contribution in [-0.4, -0.2) is 28.3 Å². The number of alkyl halides is 3. The predicted molar refractivity (Wildman–Crippen MR) is 94.9 cm³/mol. The first-order valence-corrected chi connectivity index (χ1v) is 8.95. The number of aliphatic carboxylic acids is 1. The third-order valence-electron chi connectivity index (χ3n) is 4.10. The Balaban J connectivity index is 1.83. The van der Waals surface area contributed by atoms with Gasteiger partial charge in [-0.15, -0.1) is 0 Å². The van der Waals surface area contributed by atoms with Crippen LogP contribution in [0.4, 0.5) is 13.2 Å².